The molecule has 0 aliphatic carbocycles. The maximum atomic E-state index is 10.9. The minimum atomic E-state index is -0.681. The molecule has 0 bridgehead atoms. The van der Waals surface area contributed by atoms with Crippen molar-refractivity contribution in [2.24, 2.45) is 7.05 Å². The molecular weight excluding hydrogens is 222 g/mol. The molecule has 1 aromatic heterocycles. The molecule has 1 N–H and O–H groups in total. The van der Waals surface area contributed by atoms with Gasteiger partial charge in [0.05, 0.1) is 0 Å². The number of aromatic nitrogens is 2. The van der Waals surface area contributed by atoms with Gasteiger partial charge in [-0.1, -0.05) is 0 Å². The normalized spacial score (nSPS) is 14.9. The number of rotatable bonds is 7. The summed E-state index contributed by atoms with van der Waals surface area (Å²) in [6, 6.07) is 0.421. The molecule has 92 valence electrons. The first-order valence-corrected chi connectivity index (χ1v) is 7.32. The van der Waals surface area contributed by atoms with E-state index < -0.39 is 10.8 Å². The summed E-state index contributed by atoms with van der Waals surface area (Å²) in [6.07, 6.45) is 7.42. The van der Waals surface area contributed by atoms with Crippen molar-refractivity contribution in [3.8, 4) is 0 Å². The van der Waals surface area contributed by atoms with Crippen LogP contribution in [-0.4, -0.2) is 38.4 Å². The van der Waals surface area contributed by atoms with Gasteiger partial charge in [0, 0.05) is 61.3 Å². The van der Waals surface area contributed by atoms with Gasteiger partial charge in [-0.25, -0.2) is 4.98 Å². The third-order valence-electron chi connectivity index (χ3n) is 2.60. The Balaban J connectivity index is 2.15. The van der Waals surface area contributed by atoms with Gasteiger partial charge in [-0.3, -0.25) is 4.21 Å². The monoisotopic (exact) mass is 243 g/mol. The summed E-state index contributed by atoms with van der Waals surface area (Å²) in [7, 11) is 1.32. The summed E-state index contributed by atoms with van der Waals surface area (Å²) >= 11 is 0. The van der Waals surface area contributed by atoms with Crippen LogP contribution in [0.2, 0.25) is 0 Å². The maximum Gasteiger partial charge on any atom is 0.109 e. The summed E-state index contributed by atoms with van der Waals surface area (Å²) in [5.74, 6) is 1.87. The van der Waals surface area contributed by atoms with Gasteiger partial charge in [-0.15, -0.1) is 0 Å². The Labute approximate surface area is 99.9 Å². The molecule has 0 saturated heterocycles. The van der Waals surface area contributed by atoms with E-state index in [1.165, 1.54) is 0 Å². The van der Waals surface area contributed by atoms with Gasteiger partial charge in [-0.05, 0) is 13.3 Å². The molecule has 1 aromatic rings. The Morgan fingerprint density at radius 1 is 1.62 bits per heavy atom. The number of aryl methyl sites for hydroxylation is 1. The fourth-order valence-electron chi connectivity index (χ4n) is 1.51. The molecule has 0 aromatic carbocycles. The van der Waals surface area contributed by atoms with E-state index in [2.05, 4.69) is 17.2 Å². The molecule has 1 rings (SSSR count). The first-order valence-electron chi connectivity index (χ1n) is 5.59. The van der Waals surface area contributed by atoms with Crippen LogP contribution in [0, 0.1) is 0 Å². The Morgan fingerprint density at radius 3 is 2.94 bits per heavy atom. The molecule has 1 heterocycles. The van der Waals surface area contributed by atoms with Crippen LogP contribution in [0.1, 0.15) is 19.2 Å². The van der Waals surface area contributed by atoms with Crippen LogP contribution < -0.4 is 5.32 Å². The predicted molar refractivity (Wildman–Crippen MR) is 67.9 cm³/mol. The Hall–Kier alpha value is -0.680. The quantitative estimate of drug-likeness (QED) is 0.767. The standard InChI is InChI=1S/C11H21N3OS/c1-10(5-9-16(3)15)12-6-4-11-13-7-8-14(11)2/h7-8,10,12H,4-6,9H2,1-3H3. The first-order chi connectivity index (χ1) is 7.59. The molecule has 0 aliphatic heterocycles. The Kier molecular flexibility index (Phi) is 5.69. The molecule has 0 radical (unpaired) electrons. The van der Waals surface area contributed by atoms with Gasteiger partial charge in [0.25, 0.3) is 0 Å². The summed E-state index contributed by atoms with van der Waals surface area (Å²) in [5.41, 5.74) is 0. The molecule has 16 heavy (non-hydrogen) atoms. The molecular formula is C11H21N3OS. The highest BCUT2D eigenvalue weighted by molar-refractivity contribution is 7.84. The molecule has 0 amide bonds. The topological polar surface area (TPSA) is 46.9 Å². The number of nitrogens with one attached hydrogen (secondary N) is 1. The van der Waals surface area contributed by atoms with Crippen molar-refractivity contribution in [3.05, 3.63) is 18.2 Å². The van der Waals surface area contributed by atoms with E-state index in [4.69, 9.17) is 0 Å². The zero-order valence-electron chi connectivity index (χ0n) is 10.3. The van der Waals surface area contributed by atoms with Gasteiger partial charge in [0.15, 0.2) is 0 Å². The molecule has 4 nitrogen and oxygen atoms in total. The van der Waals surface area contributed by atoms with E-state index >= 15 is 0 Å². The zero-order chi connectivity index (χ0) is 12.0. The number of hydrogen-bond donors (Lipinski definition) is 1. The van der Waals surface area contributed by atoms with Crippen molar-refractivity contribution in [3.63, 3.8) is 0 Å². The fourth-order valence-corrected chi connectivity index (χ4v) is 2.20. The minimum absolute atomic E-state index is 0.421. The van der Waals surface area contributed by atoms with Crippen LogP contribution in [-0.2, 0) is 24.3 Å². The third kappa shape index (κ3) is 4.90. The minimum Gasteiger partial charge on any atom is -0.338 e. The number of hydrogen-bond acceptors (Lipinski definition) is 3. The lowest BCUT2D eigenvalue weighted by atomic mass is 10.2. The molecule has 5 heteroatoms. The fraction of sp³-hybridized carbons (Fsp3) is 0.727. The van der Waals surface area contributed by atoms with Crippen molar-refractivity contribution >= 4 is 10.8 Å². The van der Waals surface area contributed by atoms with Crippen LogP contribution in [0.25, 0.3) is 0 Å². The van der Waals surface area contributed by atoms with E-state index in [1.807, 2.05) is 24.0 Å². The van der Waals surface area contributed by atoms with E-state index in [1.54, 1.807) is 6.26 Å². The van der Waals surface area contributed by atoms with E-state index in [-0.39, 0.29) is 0 Å². The summed E-state index contributed by atoms with van der Waals surface area (Å²) in [6.45, 7) is 3.05. The summed E-state index contributed by atoms with van der Waals surface area (Å²) < 4.78 is 13.0. The second-order valence-electron chi connectivity index (χ2n) is 4.13. The van der Waals surface area contributed by atoms with Crippen LogP contribution in [0.4, 0.5) is 0 Å². The van der Waals surface area contributed by atoms with Crippen LogP contribution in [0.5, 0.6) is 0 Å². The SMILES string of the molecule is CC(CCS(C)=O)NCCc1nccn1C. The maximum absolute atomic E-state index is 10.9. The highest BCUT2D eigenvalue weighted by Crippen LogP contribution is 1.96. The van der Waals surface area contributed by atoms with E-state index in [9.17, 15) is 4.21 Å². The van der Waals surface area contributed by atoms with Gasteiger partial charge in [0.1, 0.15) is 5.82 Å². The number of imidazole rings is 1. The van der Waals surface area contributed by atoms with Gasteiger partial charge in [0.2, 0.25) is 0 Å². The third-order valence-corrected chi connectivity index (χ3v) is 3.41. The van der Waals surface area contributed by atoms with E-state index in [0.29, 0.717) is 6.04 Å². The lowest BCUT2D eigenvalue weighted by Crippen LogP contribution is -2.29. The van der Waals surface area contributed by atoms with E-state index in [0.717, 1.165) is 31.0 Å². The molecule has 2 unspecified atom stereocenters. The van der Waals surface area contributed by atoms with Gasteiger partial charge < -0.3 is 9.88 Å². The Morgan fingerprint density at radius 2 is 2.38 bits per heavy atom. The largest absolute Gasteiger partial charge is 0.338 e. The average Bonchev–Trinajstić information content (AvgIpc) is 2.61. The number of nitrogens with zero attached hydrogens (tertiary/aromatic N) is 2. The van der Waals surface area contributed by atoms with Crippen molar-refractivity contribution in [2.75, 3.05) is 18.6 Å². The Bertz CT molecular complexity index is 338. The lowest BCUT2D eigenvalue weighted by molar-refractivity contribution is 0.530. The van der Waals surface area contributed by atoms with Crippen molar-refractivity contribution in [2.45, 2.75) is 25.8 Å². The predicted octanol–water partition coefficient (Wildman–Crippen LogP) is 0.709. The molecule has 0 saturated carbocycles. The summed E-state index contributed by atoms with van der Waals surface area (Å²) in [5, 5.41) is 3.42. The highest BCUT2D eigenvalue weighted by Gasteiger charge is 2.03. The first kappa shape index (κ1) is 13.4. The second-order valence-corrected chi connectivity index (χ2v) is 5.68. The van der Waals surface area contributed by atoms with Crippen LogP contribution >= 0.6 is 0 Å². The average molecular weight is 243 g/mol. The molecule has 2 atom stereocenters. The van der Waals surface area contributed by atoms with Crippen molar-refractivity contribution in [1.29, 1.82) is 0 Å². The lowest BCUT2D eigenvalue weighted by Gasteiger charge is -2.12. The second kappa shape index (κ2) is 6.81. The highest BCUT2D eigenvalue weighted by atomic mass is 32.2. The van der Waals surface area contributed by atoms with Crippen LogP contribution in [0.3, 0.4) is 0 Å². The molecule has 0 aliphatic rings. The van der Waals surface area contributed by atoms with Crippen molar-refractivity contribution in [1.82, 2.24) is 14.9 Å². The summed E-state index contributed by atoms with van der Waals surface area (Å²) in [4.78, 5) is 4.26. The van der Waals surface area contributed by atoms with Gasteiger partial charge >= 0.3 is 0 Å². The zero-order valence-corrected chi connectivity index (χ0v) is 11.1. The molecule has 0 fully saturated rings. The van der Waals surface area contributed by atoms with Crippen molar-refractivity contribution < 1.29 is 4.21 Å². The smallest absolute Gasteiger partial charge is 0.109 e. The van der Waals surface area contributed by atoms with Gasteiger partial charge in [-0.2, -0.15) is 0 Å². The van der Waals surface area contributed by atoms with Crippen LogP contribution in [0.15, 0.2) is 12.4 Å². The molecule has 0 spiro atoms.